The highest BCUT2D eigenvalue weighted by molar-refractivity contribution is 5.99. The molecule has 2 unspecified atom stereocenters. The maximum absolute atomic E-state index is 12.5. The van der Waals surface area contributed by atoms with Crippen LogP contribution in [-0.2, 0) is 14.3 Å². The van der Waals surface area contributed by atoms with E-state index < -0.39 is 5.92 Å². The Bertz CT molecular complexity index is 769. The quantitative estimate of drug-likeness (QED) is 0.909. The van der Waals surface area contributed by atoms with Gasteiger partial charge in [-0.3, -0.25) is 4.79 Å². The van der Waals surface area contributed by atoms with Crippen LogP contribution < -0.4 is 5.73 Å². The summed E-state index contributed by atoms with van der Waals surface area (Å²) in [4.78, 5) is 12.5. The Hall–Kier alpha value is -2.59. The second kappa shape index (κ2) is 6.49. The number of carbonyl (C=O) groups excluding carboxylic acids is 1. The van der Waals surface area contributed by atoms with Gasteiger partial charge in [0, 0.05) is 36.8 Å². The van der Waals surface area contributed by atoms with Gasteiger partial charge < -0.3 is 15.2 Å². The van der Waals surface area contributed by atoms with Crippen molar-refractivity contribution in [2.45, 2.75) is 45.3 Å². The third kappa shape index (κ3) is 2.69. The smallest absolute Gasteiger partial charge is 0.205 e. The Morgan fingerprint density at radius 1 is 1.58 bits per heavy atom. The van der Waals surface area contributed by atoms with Crippen molar-refractivity contribution < 1.29 is 14.3 Å². The van der Waals surface area contributed by atoms with E-state index in [1.165, 1.54) is 0 Å². The summed E-state index contributed by atoms with van der Waals surface area (Å²) in [5, 5.41) is 13.8. The third-order valence-electron chi connectivity index (χ3n) is 4.34. The van der Waals surface area contributed by atoms with E-state index in [1.54, 1.807) is 17.1 Å². The number of nitrogens with two attached hydrogens (primary N) is 1. The van der Waals surface area contributed by atoms with Gasteiger partial charge in [0.05, 0.1) is 12.1 Å². The lowest BCUT2D eigenvalue weighted by atomic mass is 9.78. The molecule has 0 bridgehead atoms. The average Bonchev–Trinajstić information content (AvgIpc) is 3.04. The molecule has 1 aromatic heterocycles. The molecule has 3 rings (SSSR count). The number of ether oxygens (including phenoxy) is 2. The van der Waals surface area contributed by atoms with Crippen LogP contribution >= 0.6 is 0 Å². The molecule has 1 aliphatic heterocycles. The van der Waals surface area contributed by atoms with E-state index >= 15 is 0 Å². The van der Waals surface area contributed by atoms with Gasteiger partial charge in [0.15, 0.2) is 5.78 Å². The molecule has 0 aromatic carbocycles. The van der Waals surface area contributed by atoms with Crippen molar-refractivity contribution >= 4 is 5.78 Å². The highest BCUT2D eigenvalue weighted by Crippen LogP contribution is 2.43. The molecule has 126 valence electrons. The van der Waals surface area contributed by atoms with E-state index in [1.807, 2.05) is 13.8 Å². The lowest BCUT2D eigenvalue weighted by molar-refractivity contribution is -0.116. The van der Waals surface area contributed by atoms with Crippen molar-refractivity contribution in [1.29, 1.82) is 5.26 Å². The molecule has 0 fully saturated rings. The van der Waals surface area contributed by atoms with Crippen molar-refractivity contribution in [3.05, 3.63) is 40.7 Å². The third-order valence-corrected chi connectivity index (χ3v) is 4.34. The van der Waals surface area contributed by atoms with E-state index in [0.717, 1.165) is 12.0 Å². The minimum Gasteiger partial charge on any atom is -0.444 e. The van der Waals surface area contributed by atoms with Gasteiger partial charge in [-0.15, -0.1) is 0 Å². The molecule has 7 nitrogen and oxygen atoms in total. The molecule has 2 heterocycles. The molecule has 0 saturated heterocycles. The molecule has 1 aliphatic carbocycles. The van der Waals surface area contributed by atoms with Crippen molar-refractivity contribution in [3.8, 4) is 6.07 Å². The fourth-order valence-corrected chi connectivity index (χ4v) is 3.21. The summed E-state index contributed by atoms with van der Waals surface area (Å²) >= 11 is 0. The van der Waals surface area contributed by atoms with Crippen molar-refractivity contribution in [2.24, 2.45) is 5.73 Å². The number of hydrogen-bond acceptors (Lipinski definition) is 6. The van der Waals surface area contributed by atoms with Gasteiger partial charge in [-0.1, -0.05) is 0 Å². The summed E-state index contributed by atoms with van der Waals surface area (Å²) in [5.41, 5.74) is 7.46. The Morgan fingerprint density at radius 2 is 2.38 bits per heavy atom. The summed E-state index contributed by atoms with van der Waals surface area (Å²) in [6.07, 6.45) is 5.07. The normalized spacial score (nSPS) is 22.0. The monoisotopic (exact) mass is 328 g/mol. The molecule has 2 aliphatic rings. The molecule has 2 atom stereocenters. The van der Waals surface area contributed by atoms with Gasteiger partial charge in [-0.05, 0) is 20.3 Å². The van der Waals surface area contributed by atoms with Gasteiger partial charge in [-0.25, -0.2) is 4.68 Å². The van der Waals surface area contributed by atoms with E-state index in [4.69, 9.17) is 15.2 Å². The summed E-state index contributed by atoms with van der Waals surface area (Å²) < 4.78 is 12.7. The first-order valence-corrected chi connectivity index (χ1v) is 8.06. The largest absolute Gasteiger partial charge is 0.444 e. The number of Topliss-reactive ketones (excluding diaryl/α,β-unsaturated/α-hetero) is 1. The molecule has 24 heavy (non-hydrogen) atoms. The number of aromatic nitrogens is 2. The van der Waals surface area contributed by atoms with E-state index in [0.29, 0.717) is 30.8 Å². The zero-order chi connectivity index (χ0) is 17.3. The standard InChI is InChI=1S/C17H20N4O3/c1-3-23-10(2)21-9-11(8-20-21)15-12(7-18)17(19)24-14-6-4-5-13(22)16(14)15/h8-10,15H,3-6,19H2,1-2H3. The number of carbonyl (C=O) groups is 1. The van der Waals surface area contributed by atoms with Gasteiger partial charge in [-0.2, -0.15) is 10.4 Å². The number of nitriles is 1. The first-order valence-electron chi connectivity index (χ1n) is 8.06. The van der Waals surface area contributed by atoms with Crippen LogP contribution in [0.5, 0.6) is 0 Å². The van der Waals surface area contributed by atoms with Crippen LogP contribution in [0.2, 0.25) is 0 Å². The van der Waals surface area contributed by atoms with E-state index in [2.05, 4.69) is 11.2 Å². The summed E-state index contributed by atoms with van der Waals surface area (Å²) in [6.45, 7) is 4.36. The number of rotatable bonds is 4. The van der Waals surface area contributed by atoms with Gasteiger partial charge in [0.2, 0.25) is 5.88 Å². The first-order chi connectivity index (χ1) is 11.6. The van der Waals surface area contributed by atoms with Crippen LogP contribution in [-0.4, -0.2) is 22.2 Å². The highest BCUT2D eigenvalue weighted by atomic mass is 16.5. The second-order valence-electron chi connectivity index (χ2n) is 5.85. The molecular formula is C17H20N4O3. The fourth-order valence-electron chi connectivity index (χ4n) is 3.21. The van der Waals surface area contributed by atoms with E-state index in [-0.39, 0.29) is 23.5 Å². The van der Waals surface area contributed by atoms with Gasteiger partial charge in [0.1, 0.15) is 23.6 Å². The number of hydrogen-bond donors (Lipinski definition) is 1. The zero-order valence-corrected chi connectivity index (χ0v) is 13.8. The van der Waals surface area contributed by atoms with E-state index in [9.17, 15) is 10.1 Å². The highest BCUT2D eigenvalue weighted by Gasteiger charge is 2.38. The minimum atomic E-state index is -0.519. The molecule has 1 aromatic rings. The van der Waals surface area contributed by atoms with Crippen LogP contribution in [0, 0.1) is 11.3 Å². The Kier molecular flexibility index (Phi) is 4.40. The molecule has 0 amide bonds. The molecule has 0 saturated carbocycles. The molecule has 7 heteroatoms. The Balaban J connectivity index is 2.05. The first kappa shape index (κ1) is 16.3. The SMILES string of the molecule is CCOC(C)n1cc(C2C(C#N)=C(N)OC3=C2C(=O)CCC3)cn1. The maximum Gasteiger partial charge on any atom is 0.205 e. The number of nitrogens with zero attached hydrogens (tertiary/aromatic N) is 3. The van der Waals surface area contributed by atoms with Crippen LogP contribution in [0.3, 0.4) is 0 Å². The Labute approximate surface area is 140 Å². The molecular weight excluding hydrogens is 308 g/mol. The van der Waals surface area contributed by atoms with Crippen LogP contribution in [0.25, 0.3) is 0 Å². The van der Waals surface area contributed by atoms with Crippen molar-refractivity contribution in [3.63, 3.8) is 0 Å². The summed E-state index contributed by atoms with van der Waals surface area (Å²) in [7, 11) is 0. The van der Waals surface area contributed by atoms with Crippen molar-refractivity contribution in [1.82, 2.24) is 9.78 Å². The number of ketones is 1. The zero-order valence-electron chi connectivity index (χ0n) is 13.8. The summed E-state index contributed by atoms with van der Waals surface area (Å²) in [6, 6.07) is 2.09. The average molecular weight is 328 g/mol. The van der Waals surface area contributed by atoms with Gasteiger partial charge >= 0.3 is 0 Å². The topological polar surface area (TPSA) is 103 Å². The second-order valence-corrected chi connectivity index (χ2v) is 5.85. The van der Waals surface area contributed by atoms with Crippen LogP contribution in [0.15, 0.2) is 35.2 Å². The summed E-state index contributed by atoms with van der Waals surface area (Å²) in [5.74, 6) is 0.140. The predicted molar refractivity (Wildman–Crippen MR) is 85.1 cm³/mol. The predicted octanol–water partition coefficient (Wildman–Crippen LogP) is 2.25. The fraction of sp³-hybridized carbons (Fsp3) is 0.471. The maximum atomic E-state index is 12.5. The van der Waals surface area contributed by atoms with Crippen molar-refractivity contribution in [2.75, 3.05) is 6.61 Å². The number of allylic oxidation sites excluding steroid dienone is 3. The lowest BCUT2D eigenvalue weighted by Crippen LogP contribution is -2.27. The molecule has 2 N–H and O–H groups in total. The molecule has 0 radical (unpaired) electrons. The van der Waals surface area contributed by atoms with Gasteiger partial charge in [0.25, 0.3) is 0 Å². The minimum absolute atomic E-state index is 0.00658. The lowest BCUT2D eigenvalue weighted by Gasteiger charge is -2.30. The molecule has 0 spiro atoms. The van der Waals surface area contributed by atoms with Crippen LogP contribution in [0.4, 0.5) is 0 Å². The van der Waals surface area contributed by atoms with Crippen LogP contribution in [0.1, 0.15) is 50.8 Å². The Morgan fingerprint density at radius 3 is 3.08 bits per heavy atom.